The summed E-state index contributed by atoms with van der Waals surface area (Å²) in [5.74, 6) is -0.155. The van der Waals surface area contributed by atoms with Crippen LogP contribution < -0.4 is 5.32 Å². The fraction of sp³-hybridized carbons (Fsp3) is 0.286. The number of halogens is 1. The predicted molar refractivity (Wildman–Crippen MR) is 47.9 cm³/mol. The van der Waals surface area contributed by atoms with E-state index in [1.807, 2.05) is 0 Å². The molecule has 70 valence electrons. The van der Waals surface area contributed by atoms with Crippen molar-refractivity contribution in [2.75, 3.05) is 19.5 Å². The molecule has 1 heterocycles. The number of carbonyl (C=O) groups is 1. The number of carbonyl (C=O) groups excluding carboxylic acids is 1. The van der Waals surface area contributed by atoms with Crippen LogP contribution in [0.5, 0.6) is 0 Å². The fourth-order valence-electron chi connectivity index (χ4n) is 0.818. The minimum absolute atomic E-state index is 0.152. The molecule has 1 N–H and O–H groups in total. The molecular formula is C7H8ClN3O2. The van der Waals surface area contributed by atoms with E-state index in [-0.39, 0.29) is 10.7 Å². The molecule has 0 aromatic carbocycles. The molecule has 0 unspecified atom stereocenters. The summed E-state index contributed by atoms with van der Waals surface area (Å²) in [6.07, 6.45) is 0. The molecule has 0 spiro atoms. The maximum Gasteiger partial charge on any atom is 0.341 e. The van der Waals surface area contributed by atoms with Gasteiger partial charge in [-0.3, -0.25) is 0 Å². The van der Waals surface area contributed by atoms with Crippen molar-refractivity contribution in [2.45, 2.75) is 0 Å². The number of rotatable bonds is 2. The van der Waals surface area contributed by atoms with Gasteiger partial charge < -0.3 is 10.1 Å². The summed E-state index contributed by atoms with van der Waals surface area (Å²) >= 11 is 5.57. The van der Waals surface area contributed by atoms with Crippen molar-refractivity contribution in [2.24, 2.45) is 0 Å². The Morgan fingerprint density at radius 2 is 2.31 bits per heavy atom. The average molecular weight is 202 g/mol. The minimum Gasteiger partial charge on any atom is -0.465 e. The first-order valence-corrected chi connectivity index (χ1v) is 3.86. The van der Waals surface area contributed by atoms with E-state index in [0.717, 1.165) is 0 Å². The van der Waals surface area contributed by atoms with Crippen molar-refractivity contribution >= 4 is 23.4 Å². The summed E-state index contributed by atoms with van der Waals surface area (Å²) in [6.45, 7) is 0. The highest BCUT2D eigenvalue weighted by Crippen LogP contribution is 2.15. The molecule has 0 bridgehead atoms. The number of hydrogen-bond donors (Lipinski definition) is 1. The topological polar surface area (TPSA) is 64.1 Å². The maximum atomic E-state index is 11.2. The lowest BCUT2D eigenvalue weighted by Gasteiger charge is -2.04. The third-order valence-electron chi connectivity index (χ3n) is 1.41. The highest BCUT2D eigenvalue weighted by Gasteiger charge is 2.13. The first-order valence-electron chi connectivity index (χ1n) is 3.48. The molecule has 0 fully saturated rings. The molecule has 0 amide bonds. The Morgan fingerprint density at radius 1 is 1.62 bits per heavy atom. The lowest BCUT2D eigenvalue weighted by molar-refractivity contribution is 0.0601. The molecule has 0 aliphatic carbocycles. The molecule has 6 heteroatoms. The van der Waals surface area contributed by atoms with Crippen LogP contribution in [0, 0.1) is 0 Å². The van der Waals surface area contributed by atoms with Gasteiger partial charge in [-0.15, -0.1) is 10.2 Å². The van der Waals surface area contributed by atoms with E-state index in [1.54, 1.807) is 7.05 Å². The summed E-state index contributed by atoms with van der Waals surface area (Å²) < 4.78 is 4.53. The SMILES string of the molecule is CNc1nnc(Cl)cc1C(=O)OC. The molecule has 1 aromatic heterocycles. The van der Waals surface area contributed by atoms with Gasteiger partial charge >= 0.3 is 5.97 Å². The number of hydrogen-bond acceptors (Lipinski definition) is 5. The van der Waals surface area contributed by atoms with Gasteiger partial charge in [-0.1, -0.05) is 11.6 Å². The standard InChI is InChI=1S/C7H8ClN3O2/c1-9-6-4(7(12)13-2)3-5(8)10-11-6/h3H,1-2H3,(H,9,11). The van der Waals surface area contributed by atoms with Crippen molar-refractivity contribution in [3.05, 3.63) is 16.8 Å². The van der Waals surface area contributed by atoms with Crippen LogP contribution in [0.3, 0.4) is 0 Å². The van der Waals surface area contributed by atoms with Gasteiger partial charge in [0, 0.05) is 7.05 Å². The molecule has 0 saturated carbocycles. The summed E-state index contributed by atoms with van der Waals surface area (Å²) in [5, 5.41) is 10.1. The van der Waals surface area contributed by atoms with Crippen LogP contribution in [0.25, 0.3) is 0 Å². The van der Waals surface area contributed by atoms with Crippen LogP contribution in [0.15, 0.2) is 6.07 Å². The zero-order valence-electron chi connectivity index (χ0n) is 7.17. The zero-order valence-corrected chi connectivity index (χ0v) is 7.92. The van der Waals surface area contributed by atoms with Crippen LogP contribution in [0.1, 0.15) is 10.4 Å². The summed E-state index contributed by atoms with van der Waals surface area (Å²) in [4.78, 5) is 11.2. The summed E-state index contributed by atoms with van der Waals surface area (Å²) in [5.41, 5.74) is 0.269. The molecule has 0 atom stereocenters. The number of methoxy groups -OCH3 is 1. The van der Waals surface area contributed by atoms with Crippen molar-refractivity contribution in [1.82, 2.24) is 10.2 Å². The van der Waals surface area contributed by atoms with Gasteiger partial charge in [0.2, 0.25) is 0 Å². The Labute approximate surface area is 80.1 Å². The number of ether oxygens (including phenoxy) is 1. The molecule has 1 aromatic rings. The number of nitrogens with zero attached hydrogens (tertiary/aromatic N) is 2. The van der Waals surface area contributed by atoms with Gasteiger partial charge in [-0.25, -0.2) is 4.79 Å². The quantitative estimate of drug-likeness (QED) is 0.722. The van der Waals surface area contributed by atoms with Crippen molar-refractivity contribution < 1.29 is 9.53 Å². The minimum atomic E-state index is -0.499. The first kappa shape index (κ1) is 9.73. The molecule has 1 rings (SSSR count). The van der Waals surface area contributed by atoms with Crippen molar-refractivity contribution in [3.63, 3.8) is 0 Å². The Kier molecular flexibility index (Phi) is 3.02. The third kappa shape index (κ3) is 2.06. The highest BCUT2D eigenvalue weighted by atomic mass is 35.5. The zero-order chi connectivity index (χ0) is 9.84. The molecule has 13 heavy (non-hydrogen) atoms. The van der Waals surface area contributed by atoms with Crippen molar-refractivity contribution in [1.29, 1.82) is 0 Å². The lowest BCUT2D eigenvalue weighted by atomic mass is 10.3. The van der Waals surface area contributed by atoms with E-state index in [9.17, 15) is 4.79 Å². The lowest BCUT2D eigenvalue weighted by Crippen LogP contribution is -2.08. The second kappa shape index (κ2) is 4.04. The van der Waals surface area contributed by atoms with E-state index in [1.165, 1.54) is 13.2 Å². The van der Waals surface area contributed by atoms with Gasteiger partial charge in [0.15, 0.2) is 11.0 Å². The van der Waals surface area contributed by atoms with Crippen LogP contribution in [-0.4, -0.2) is 30.3 Å². The van der Waals surface area contributed by atoms with Gasteiger partial charge in [0.1, 0.15) is 5.56 Å². The number of esters is 1. The van der Waals surface area contributed by atoms with Gasteiger partial charge in [0.05, 0.1) is 7.11 Å². The monoisotopic (exact) mass is 201 g/mol. The van der Waals surface area contributed by atoms with Gasteiger partial charge in [-0.2, -0.15) is 0 Å². The second-order valence-corrected chi connectivity index (χ2v) is 2.56. The highest BCUT2D eigenvalue weighted by molar-refractivity contribution is 6.29. The third-order valence-corrected chi connectivity index (χ3v) is 1.59. The van der Waals surface area contributed by atoms with E-state index in [4.69, 9.17) is 11.6 Å². The summed E-state index contributed by atoms with van der Waals surface area (Å²) in [6, 6.07) is 1.40. The van der Waals surface area contributed by atoms with Crippen molar-refractivity contribution in [3.8, 4) is 0 Å². The number of anilines is 1. The normalized spacial score (nSPS) is 9.46. The van der Waals surface area contributed by atoms with E-state index in [0.29, 0.717) is 5.82 Å². The molecule has 0 aliphatic rings. The van der Waals surface area contributed by atoms with Crippen LogP contribution in [0.4, 0.5) is 5.82 Å². The average Bonchev–Trinajstić information content (AvgIpc) is 2.16. The second-order valence-electron chi connectivity index (χ2n) is 2.17. The van der Waals surface area contributed by atoms with E-state index < -0.39 is 5.97 Å². The fourth-order valence-corrected chi connectivity index (χ4v) is 0.965. The number of nitrogens with one attached hydrogen (secondary N) is 1. The Hall–Kier alpha value is -1.36. The summed E-state index contributed by atoms with van der Waals surface area (Å²) in [7, 11) is 2.92. The Morgan fingerprint density at radius 3 is 2.85 bits per heavy atom. The van der Waals surface area contributed by atoms with Crippen LogP contribution in [0.2, 0.25) is 5.15 Å². The van der Waals surface area contributed by atoms with Gasteiger partial charge in [-0.05, 0) is 6.07 Å². The predicted octanol–water partition coefficient (Wildman–Crippen LogP) is 0.958. The smallest absolute Gasteiger partial charge is 0.341 e. The van der Waals surface area contributed by atoms with Crippen LogP contribution in [-0.2, 0) is 4.74 Å². The maximum absolute atomic E-state index is 11.2. The van der Waals surface area contributed by atoms with Crippen LogP contribution >= 0.6 is 11.6 Å². The molecule has 0 aliphatic heterocycles. The molecule has 0 radical (unpaired) electrons. The Bertz CT molecular complexity index is 330. The van der Waals surface area contributed by atoms with Gasteiger partial charge in [0.25, 0.3) is 0 Å². The molecule has 5 nitrogen and oxygen atoms in total. The largest absolute Gasteiger partial charge is 0.465 e. The Balaban J connectivity index is 3.15. The van der Waals surface area contributed by atoms with E-state index >= 15 is 0 Å². The molecule has 0 saturated heterocycles. The first-order chi connectivity index (χ1) is 6.19. The molecular weight excluding hydrogens is 194 g/mol. The number of aromatic nitrogens is 2. The van der Waals surface area contributed by atoms with E-state index in [2.05, 4.69) is 20.3 Å².